The molecule has 1 fully saturated rings. The molecule has 2 aliphatic rings. The van der Waals surface area contributed by atoms with Crippen LogP contribution in [-0.2, 0) is 19.1 Å². The number of halogens is 1. The lowest BCUT2D eigenvalue weighted by molar-refractivity contribution is -0.148. The number of methoxy groups -OCH3 is 1. The van der Waals surface area contributed by atoms with Crippen LogP contribution in [0.25, 0.3) is 0 Å². The summed E-state index contributed by atoms with van der Waals surface area (Å²) in [6.07, 6.45) is 0. The highest BCUT2D eigenvalue weighted by Crippen LogP contribution is 2.53. The topological polar surface area (TPSA) is 76.2 Å². The van der Waals surface area contributed by atoms with Gasteiger partial charge in [-0.1, -0.05) is 18.2 Å². The molecule has 2 aromatic rings. The molecular weight excluding hydrogens is 427 g/mol. The van der Waals surface area contributed by atoms with Gasteiger partial charge in [0.05, 0.1) is 19.1 Å². The number of amides is 2. The second-order valence-electron chi connectivity index (χ2n) is 8.41. The molecule has 2 heterocycles. The molecule has 33 heavy (non-hydrogen) atoms. The summed E-state index contributed by atoms with van der Waals surface area (Å²) in [6.45, 7) is 4.26. The first-order valence-electron chi connectivity index (χ1n) is 11.0. The summed E-state index contributed by atoms with van der Waals surface area (Å²) in [4.78, 5) is 43.6. The number of carbonyl (C=O) groups is 3. The zero-order chi connectivity index (χ0) is 23.8. The van der Waals surface area contributed by atoms with Crippen molar-refractivity contribution in [2.75, 3.05) is 38.3 Å². The summed E-state index contributed by atoms with van der Waals surface area (Å²) in [6, 6.07) is 12.6. The number of hydrogen-bond donors (Lipinski definition) is 0. The van der Waals surface area contributed by atoms with Crippen LogP contribution in [0.3, 0.4) is 0 Å². The number of ether oxygens (including phenoxy) is 2. The normalized spacial score (nSPS) is 23.8. The number of nitrogens with zero attached hydrogens (tertiary/aromatic N) is 2. The highest BCUT2D eigenvalue weighted by molar-refractivity contribution is 6.09. The Morgan fingerprint density at radius 1 is 1.15 bits per heavy atom. The molecule has 3 atom stereocenters. The van der Waals surface area contributed by atoms with Crippen LogP contribution >= 0.6 is 0 Å². The predicted molar refractivity (Wildman–Crippen MR) is 119 cm³/mol. The number of carbonyl (C=O) groups excluding carboxylic acids is 3. The van der Waals surface area contributed by atoms with Crippen LogP contribution in [0.5, 0.6) is 0 Å². The Morgan fingerprint density at radius 2 is 1.85 bits per heavy atom. The van der Waals surface area contributed by atoms with Crippen molar-refractivity contribution in [2.24, 2.45) is 5.92 Å². The molecule has 0 radical (unpaired) electrons. The van der Waals surface area contributed by atoms with Crippen LogP contribution in [0.15, 0.2) is 48.5 Å². The standard InChI is InChI=1S/C25H27FN2O5/c1-4-33-23(30)19-15-28(22(29)16-9-11-17(26)12-10-16)25(2)21(19)18-7-5-6-8-20(18)27(24(25)31)13-14-32-3/h5-12,19,21H,4,13-15H2,1-3H3/t19-,21+,25-/m0/s1. The summed E-state index contributed by atoms with van der Waals surface area (Å²) in [7, 11) is 1.56. The molecule has 174 valence electrons. The number of rotatable bonds is 6. The molecule has 2 amide bonds. The first-order chi connectivity index (χ1) is 15.8. The lowest BCUT2D eigenvalue weighted by Gasteiger charge is -2.46. The van der Waals surface area contributed by atoms with Crippen molar-refractivity contribution in [3.63, 3.8) is 0 Å². The van der Waals surface area contributed by atoms with Gasteiger partial charge in [0, 0.05) is 37.4 Å². The smallest absolute Gasteiger partial charge is 0.311 e. The van der Waals surface area contributed by atoms with Gasteiger partial charge < -0.3 is 19.3 Å². The first kappa shape index (κ1) is 22.9. The van der Waals surface area contributed by atoms with Gasteiger partial charge in [-0.15, -0.1) is 0 Å². The third-order valence-corrected chi connectivity index (χ3v) is 6.63. The van der Waals surface area contributed by atoms with Crippen molar-refractivity contribution in [3.05, 3.63) is 65.5 Å². The van der Waals surface area contributed by atoms with E-state index in [1.54, 1.807) is 25.9 Å². The van der Waals surface area contributed by atoms with E-state index >= 15 is 0 Å². The van der Waals surface area contributed by atoms with Crippen LogP contribution in [0.1, 0.15) is 35.7 Å². The second-order valence-corrected chi connectivity index (χ2v) is 8.41. The van der Waals surface area contributed by atoms with Gasteiger partial charge in [0.15, 0.2) is 0 Å². The average Bonchev–Trinajstić information content (AvgIpc) is 3.14. The van der Waals surface area contributed by atoms with E-state index in [1.165, 1.54) is 29.2 Å². The van der Waals surface area contributed by atoms with E-state index in [9.17, 15) is 18.8 Å². The highest BCUT2D eigenvalue weighted by Gasteiger charge is 2.63. The molecule has 0 saturated carbocycles. The van der Waals surface area contributed by atoms with Crippen molar-refractivity contribution in [1.29, 1.82) is 0 Å². The molecular formula is C25H27FN2O5. The number of para-hydroxylation sites is 1. The Hall–Kier alpha value is -3.26. The fourth-order valence-corrected chi connectivity index (χ4v) is 5.11. The van der Waals surface area contributed by atoms with Gasteiger partial charge in [-0.2, -0.15) is 0 Å². The van der Waals surface area contributed by atoms with E-state index in [0.29, 0.717) is 18.8 Å². The van der Waals surface area contributed by atoms with Crippen molar-refractivity contribution in [2.45, 2.75) is 25.3 Å². The van der Waals surface area contributed by atoms with Gasteiger partial charge in [-0.05, 0) is 49.7 Å². The Kier molecular flexibility index (Phi) is 6.21. The SMILES string of the molecule is CCOC(=O)[C@H]1CN(C(=O)c2ccc(F)cc2)[C@]2(C)C(=O)N(CCOC)c3ccccc3[C@H]12. The van der Waals surface area contributed by atoms with Crippen LogP contribution in [-0.4, -0.2) is 61.6 Å². The van der Waals surface area contributed by atoms with Gasteiger partial charge in [0.1, 0.15) is 11.4 Å². The molecule has 0 spiro atoms. The minimum absolute atomic E-state index is 0.0222. The van der Waals surface area contributed by atoms with E-state index in [2.05, 4.69) is 0 Å². The summed E-state index contributed by atoms with van der Waals surface area (Å²) in [5.74, 6) is -2.93. The molecule has 7 nitrogen and oxygen atoms in total. The van der Waals surface area contributed by atoms with E-state index in [-0.39, 0.29) is 24.6 Å². The van der Waals surface area contributed by atoms with Crippen LogP contribution in [0.4, 0.5) is 10.1 Å². The minimum Gasteiger partial charge on any atom is -0.466 e. The number of anilines is 1. The van der Waals surface area contributed by atoms with E-state index < -0.39 is 35.1 Å². The van der Waals surface area contributed by atoms with Gasteiger partial charge in [-0.25, -0.2) is 4.39 Å². The van der Waals surface area contributed by atoms with Gasteiger partial charge in [0.2, 0.25) is 0 Å². The maximum atomic E-state index is 14.0. The first-order valence-corrected chi connectivity index (χ1v) is 11.0. The van der Waals surface area contributed by atoms with E-state index in [1.807, 2.05) is 24.3 Å². The third kappa shape index (κ3) is 3.68. The fraction of sp³-hybridized carbons (Fsp3) is 0.400. The third-order valence-electron chi connectivity index (χ3n) is 6.63. The minimum atomic E-state index is -1.33. The fourth-order valence-electron chi connectivity index (χ4n) is 5.11. The van der Waals surface area contributed by atoms with Crippen molar-refractivity contribution < 1.29 is 28.2 Å². The largest absolute Gasteiger partial charge is 0.466 e. The Labute approximate surface area is 192 Å². The van der Waals surface area contributed by atoms with Crippen molar-refractivity contribution >= 4 is 23.5 Å². The number of esters is 1. The molecule has 0 N–H and O–H groups in total. The van der Waals surface area contributed by atoms with Gasteiger partial charge in [-0.3, -0.25) is 14.4 Å². The number of benzene rings is 2. The van der Waals surface area contributed by atoms with Crippen LogP contribution in [0, 0.1) is 11.7 Å². The Balaban J connectivity index is 1.86. The van der Waals surface area contributed by atoms with Gasteiger partial charge >= 0.3 is 5.97 Å². The molecule has 2 aromatic carbocycles. The summed E-state index contributed by atoms with van der Waals surface area (Å²) < 4.78 is 24.0. The molecule has 4 rings (SSSR count). The van der Waals surface area contributed by atoms with Gasteiger partial charge in [0.25, 0.3) is 11.8 Å². The van der Waals surface area contributed by atoms with E-state index in [0.717, 1.165) is 5.56 Å². The summed E-state index contributed by atoms with van der Waals surface area (Å²) >= 11 is 0. The monoisotopic (exact) mass is 454 g/mol. The molecule has 8 heteroatoms. The molecule has 0 bridgehead atoms. The van der Waals surface area contributed by atoms with Crippen LogP contribution in [0.2, 0.25) is 0 Å². The Morgan fingerprint density at radius 3 is 2.52 bits per heavy atom. The lowest BCUT2D eigenvalue weighted by Crippen LogP contribution is -2.62. The summed E-state index contributed by atoms with van der Waals surface area (Å²) in [5.41, 5.74) is 0.428. The Bertz CT molecular complexity index is 1070. The lowest BCUT2D eigenvalue weighted by atomic mass is 9.72. The highest BCUT2D eigenvalue weighted by atomic mass is 19.1. The molecule has 0 aliphatic carbocycles. The number of likely N-dealkylation sites (tertiary alicyclic amines) is 1. The van der Waals surface area contributed by atoms with Crippen molar-refractivity contribution in [1.82, 2.24) is 4.90 Å². The molecule has 0 aromatic heterocycles. The maximum absolute atomic E-state index is 14.0. The summed E-state index contributed by atoms with van der Waals surface area (Å²) in [5, 5.41) is 0. The molecule has 1 saturated heterocycles. The number of hydrogen-bond acceptors (Lipinski definition) is 5. The zero-order valence-electron chi connectivity index (χ0n) is 18.9. The second kappa shape index (κ2) is 8.94. The van der Waals surface area contributed by atoms with Crippen molar-refractivity contribution in [3.8, 4) is 0 Å². The molecule has 0 unspecified atom stereocenters. The predicted octanol–water partition coefficient (Wildman–Crippen LogP) is 3.00. The maximum Gasteiger partial charge on any atom is 0.311 e. The van der Waals surface area contributed by atoms with E-state index in [4.69, 9.17) is 9.47 Å². The number of fused-ring (bicyclic) bond motifs is 3. The average molecular weight is 454 g/mol. The quantitative estimate of drug-likeness (QED) is 0.628. The zero-order valence-corrected chi connectivity index (χ0v) is 18.9. The molecule has 2 aliphatic heterocycles. The van der Waals surface area contributed by atoms with Crippen LogP contribution < -0.4 is 4.90 Å².